The Hall–Kier alpha value is -0.680. The SMILES string of the molecule is CCC(O)CNc1cc(Br)nc(C2CC2)n1. The lowest BCUT2D eigenvalue weighted by Crippen LogP contribution is -2.19. The first kappa shape index (κ1) is 11.8. The first-order valence-electron chi connectivity index (χ1n) is 5.65. The van der Waals surface area contributed by atoms with E-state index < -0.39 is 0 Å². The topological polar surface area (TPSA) is 58.0 Å². The molecule has 0 saturated heterocycles. The highest BCUT2D eigenvalue weighted by molar-refractivity contribution is 9.10. The predicted octanol–water partition coefficient (Wildman–Crippen LogP) is 2.30. The molecule has 0 spiro atoms. The zero-order valence-corrected chi connectivity index (χ0v) is 10.9. The van der Waals surface area contributed by atoms with Gasteiger partial charge in [-0.25, -0.2) is 9.97 Å². The number of anilines is 1. The molecule has 88 valence electrons. The number of aliphatic hydroxyl groups is 1. The highest BCUT2D eigenvalue weighted by atomic mass is 79.9. The number of nitrogens with zero attached hydrogens (tertiary/aromatic N) is 2. The molecule has 1 aromatic rings. The molecule has 0 aliphatic heterocycles. The van der Waals surface area contributed by atoms with E-state index in [9.17, 15) is 5.11 Å². The van der Waals surface area contributed by atoms with Crippen LogP contribution in [0.2, 0.25) is 0 Å². The van der Waals surface area contributed by atoms with E-state index in [0.29, 0.717) is 12.5 Å². The van der Waals surface area contributed by atoms with Crippen molar-refractivity contribution >= 4 is 21.7 Å². The Bertz CT molecular complexity index is 368. The van der Waals surface area contributed by atoms with Gasteiger partial charge in [-0.2, -0.15) is 0 Å². The van der Waals surface area contributed by atoms with E-state index in [-0.39, 0.29) is 6.10 Å². The fourth-order valence-electron chi connectivity index (χ4n) is 1.42. The zero-order chi connectivity index (χ0) is 11.5. The lowest BCUT2D eigenvalue weighted by atomic mass is 10.3. The van der Waals surface area contributed by atoms with Crippen LogP contribution in [0.25, 0.3) is 0 Å². The van der Waals surface area contributed by atoms with Gasteiger partial charge in [0.05, 0.1) is 6.10 Å². The summed E-state index contributed by atoms with van der Waals surface area (Å²) in [4.78, 5) is 8.78. The molecular formula is C11H16BrN3O. The third-order valence-electron chi connectivity index (χ3n) is 2.64. The van der Waals surface area contributed by atoms with Crippen molar-refractivity contribution in [2.45, 2.75) is 38.2 Å². The lowest BCUT2D eigenvalue weighted by Gasteiger charge is -2.10. The van der Waals surface area contributed by atoms with Crippen LogP contribution in [-0.4, -0.2) is 27.7 Å². The normalized spacial score (nSPS) is 17.2. The second-order valence-electron chi connectivity index (χ2n) is 4.15. The minimum atomic E-state index is -0.321. The smallest absolute Gasteiger partial charge is 0.135 e. The molecule has 1 saturated carbocycles. The van der Waals surface area contributed by atoms with Gasteiger partial charge in [0.25, 0.3) is 0 Å². The standard InChI is InChI=1S/C11H16BrN3O/c1-2-8(16)6-13-10-5-9(12)14-11(15-10)7-3-4-7/h5,7-8,16H,2-4,6H2,1H3,(H,13,14,15). The van der Waals surface area contributed by atoms with E-state index in [0.717, 1.165) is 22.7 Å². The number of halogens is 1. The number of rotatable bonds is 5. The molecule has 1 atom stereocenters. The summed E-state index contributed by atoms with van der Waals surface area (Å²) in [7, 11) is 0. The summed E-state index contributed by atoms with van der Waals surface area (Å²) >= 11 is 3.38. The molecule has 2 rings (SSSR count). The van der Waals surface area contributed by atoms with Crippen LogP contribution in [0.4, 0.5) is 5.82 Å². The van der Waals surface area contributed by atoms with Gasteiger partial charge in [-0.1, -0.05) is 6.92 Å². The second-order valence-corrected chi connectivity index (χ2v) is 4.96. The fraction of sp³-hybridized carbons (Fsp3) is 0.636. The maximum atomic E-state index is 9.46. The Kier molecular flexibility index (Phi) is 3.76. The second kappa shape index (κ2) is 5.10. The summed E-state index contributed by atoms with van der Waals surface area (Å²) in [6, 6.07) is 1.84. The number of aliphatic hydroxyl groups excluding tert-OH is 1. The molecule has 1 aliphatic rings. The van der Waals surface area contributed by atoms with Gasteiger partial charge in [-0.3, -0.25) is 0 Å². The predicted molar refractivity (Wildman–Crippen MR) is 66.5 cm³/mol. The average molecular weight is 286 g/mol. The maximum absolute atomic E-state index is 9.46. The molecule has 0 amide bonds. The van der Waals surface area contributed by atoms with Crippen molar-refractivity contribution in [1.29, 1.82) is 0 Å². The summed E-state index contributed by atoms with van der Waals surface area (Å²) in [5.74, 6) is 2.23. The highest BCUT2D eigenvalue weighted by Crippen LogP contribution is 2.38. The Morgan fingerprint density at radius 1 is 1.56 bits per heavy atom. The van der Waals surface area contributed by atoms with Gasteiger partial charge in [-0.15, -0.1) is 0 Å². The van der Waals surface area contributed by atoms with Gasteiger partial charge in [0.15, 0.2) is 0 Å². The first-order valence-corrected chi connectivity index (χ1v) is 6.44. The molecule has 4 nitrogen and oxygen atoms in total. The fourth-order valence-corrected chi connectivity index (χ4v) is 1.82. The minimum Gasteiger partial charge on any atom is -0.391 e. The van der Waals surface area contributed by atoms with Crippen LogP contribution in [0.15, 0.2) is 10.7 Å². The van der Waals surface area contributed by atoms with Gasteiger partial charge in [0, 0.05) is 18.5 Å². The number of hydrogen-bond acceptors (Lipinski definition) is 4. The highest BCUT2D eigenvalue weighted by Gasteiger charge is 2.27. The minimum absolute atomic E-state index is 0.321. The Balaban J connectivity index is 2.02. The third kappa shape index (κ3) is 3.15. The summed E-state index contributed by atoms with van der Waals surface area (Å²) in [5.41, 5.74) is 0. The summed E-state index contributed by atoms with van der Waals surface area (Å²) < 4.78 is 0.804. The van der Waals surface area contributed by atoms with Crippen molar-refractivity contribution < 1.29 is 5.11 Å². The van der Waals surface area contributed by atoms with Crippen molar-refractivity contribution in [3.8, 4) is 0 Å². The molecule has 2 N–H and O–H groups in total. The van der Waals surface area contributed by atoms with Crippen molar-refractivity contribution in [2.75, 3.05) is 11.9 Å². The van der Waals surface area contributed by atoms with Crippen LogP contribution in [0, 0.1) is 0 Å². The molecule has 1 heterocycles. The maximum Gasteiger partial charge on any atom is 0.135 e. The third-order valence-corrected chi connectivity index (χ3v) is 3.05. The zero-order valence-electron chi connectivity index (χ0n) is 9.28. The van der Waals surface area contributed by atoms with Crippen molar-refractivity contribution in [1.82, 2.24) is 9.97 Å². The Morgan fingerprint density at radius 3 is 2.94 bits per heavy atom. The number of nitrogens with one attached hydrogen (secondary N) is 1. The summed E-state index contributed by atoms with van der Waals surface area (Å²) in [6.45, 7) is 2.49. The van der Waals surface area contributed by atoms with Crippen LogP contribution in [0.1, 0.15) is 37.9 Å². The van der Waals surface area contributed by atoms with Crippen LogP contribution >= 0.6 is 15.9 Å². The molecule has 1 unspecified atom stereocenters. The molecule has 16 heavy (non-hydrogen) atoms. The Labute approximate surface area is 104 Å². The molecule has 1 fully saturated rings. The van der Waals surface area contributed by atoms with Gasteiger partial charge < -0.3 is 10.4 Å². The molecule has 0 aromatic carbocycles. The van der Waals surface area contributed by atoms with Crippen LogP contribution < -0.4 is 5.32 Å². The molecule has 0 radical (unpaired) electrons. The number of aromatic nitrogens is 2. The van der Waals surface area contributed by atoms with Crippen molar-refractivity contribution in [3.05, 3.63) is 16.5 Å². The van der Waals surface area contributed by atoms with Crippen LogP contribution in [0.3, 0.4) is 0 Å². The van der Waals surface area contributed by atoms with E-state index in [1.54, 1.807) is 0 Å². The quantitative estimate of drug-likeness (QED) is 0.815. The molecule has 5 heteroatoms. The van der Waals surface area contributed by atoms with Gasteiger partial charge in [-0.05, 0) is 35.2 Å². The van der Waals surface area contributed by atoms with E-state index in [1.807, 2.05) is 13.0 Å². The van der Waals surface area contributed by atoms with Crippen LogP contribution in [0.5, 0.6) is 0 Å². The van der Waals surface area contributed by atoms with Gasteiger partial charge in [0.1, 0.15) is 16.2 Å². The van der Waals surface area contributed by atoms with E-state index >= 15 is 0 Å². The molecular weight excluding hydrogens is 270 g/mol. The summed E-state index contributed by atoms with van der Waals surface area (Å²) in [5, 5.41) is 12.6. The molecule has 1 aliphatic carbocycles. The molecule has 1 aromatic heterocycles. The monoisotopic (exact) mass is 285 g/mol. The first-order chi connectivity index (χ1) is 7.69. The van der Waals surface area contributed by atoms with Gasteiger partial charge in [0.2, 0.25) is 0 Å². The van der Waals surface area contributed by atoms with E-state index in [1.165, 1.54) is 12.8 Å². The van der Waals surface area contributed by atoms with Crippen molar-refractivity contribution in [3.63, 3.8) is 0 Å². The van der Waals surface area contributed by atoms with Crippen molar-refractivity contribution in [2.24, 2.45) is 0 Å². The average Bonchev–Trinajstić information content (AvgIpc) is 3.09. The van der Waals surface area contributed by atoms with Gasteiger partial charge >= 0.3 is 0 Å². The Morgan fingerprint density at radius 2 is 2.31 bits per heavy atom. The van der Waals surface area contributed by atoms with E-state index in [4.69, 9.17) is 0 Å². The van der Waals surface area contributed by atoms with Crippen LogP contribution in [-0.2, 0) is 0 Å². The lowest BCUT2D eigenvalue weighted by molar-refractivity contribution is 0.183. The number of hydrogen-bond donors (Lipinski definition) is 2. The molecule has 0 bridgehead atoms. The largest absolute Gasteiger partial charge is 0.391 e. The summed E-state index contributed by atoms with van der Waals surface area (Å²) in [6.07, 6.45) is 2.80. The van der Waals surface area contributed by atoms with E-state index in [2.05, 4.69) is 31.2 Å².